The van der Waals surface area contributed by atoms with E-state index < -0.39 is 5.24 Å². The average Bonchev–Trinajstić information content (AvgIpc) is 1.94. The molecule has 0 saturated heterocycles. The summed E-state index contributed by atoms with van der Waals surface area (Å²) in [6.45, 7) is 3.76. The molecule has 61 valence electrons. The van der Waals surface area contributed by atoms with Crippen LogP contribution in [0.1, 0.15) is 21.5 Å². The second-order valence-electron chi connectivity index (χ2n) is 2.42. The number of carbonyl (C=O) groups is 1. The van der Waals surface area contributed by atoms with Crippen LogP contribution in [0.5, 0.6) is 0 Å². The van der Waals surface area contributed by atoms with Crippen LogP contribution in [-0.2, 0) is 32.7 Å². The fourth-order valence-electron chi connectivity index (χ4n) is 0.898. The third-order valence-corrected chi connectivity index (χ3v) is 1.93. The predicted molar refractivity (Wildman–Crippen MR) is 44.9 cm³/mol. The maximum atomic E-state index is 10.8. The molecule has 1 aromatic carbocycles. The summed E-state index contributed by atoms with van der Waals surface area (Å²) in [5.74, 6) is 0. The van der Waals surface area contributed by atoms with E-state index in [0.717, 1.165) is 11.1 Å². The van der Waals surface area contributed by atoms with Gasteiger partial charge in [-0.3, -0.25) is 4.79 Å². The molecular weight excluding hydrogens is 248 g/mol. The molecule has 0 amide bonds. The molecule has 0 aliphatic rings. The number of rotatable bonds is 1. The molecule has 0 fully saturated rings. The zero-order valence-corrected chi connectivity index (χ0v) is 10.6. The van der Waals surface area contributed by atoms with E-state index in [2.05, 4.69) is 6.07 Å². The Balaban J connectivity index is 0.00000121. The van der Waals surface area contributed by atoms with Crippen LogP contribution in [-0.4, -0.2) is 5.24 Å². The normalized spacial score (nSPS) is 8.92. The average molecular weight is 257 g/mol. The van der Waals surface area contributed by atoms with E-state index in [1.165, 1.54) is 0 Å². The maximum Gasteiger partial charge on any atom is 0.228 e. The number of aryl methyl sites for hydroxylation is 1. The van der Waals surface area contributed by atoms with Gasteiger partial charge >= 0.3 is 0 Å². The van der Waals surface area contributed by atoms with Crippen LogP contribution in [0.3, 0.4) is 0 Å². The van der Waals surface area contributed by atoms with Crippen molar-refractivity contribution in [2.45, 2.75) is 13.8 Å². The second-order valence-corrected chi connectivity index (χ2v) is 2.76. The number of hydrogen-bond donors (Lipinski definition) is 0. The molecule has 0 heterocycles. The van der Waals surface area contributed by atoms with Crippen molar-refractivity contribution in [3.05, 3.63) is 34.9 Å². The van der Waals surface area contributed by atoms with Crippen molar-refractivity contribution < 1.29 is 37.5 Å². The fourth-order valence-corrected chi connectivity index (χ4v) is 1.10. The number of carbonyl (C=O) groups excluding carboxylic acids is 1. The first kappa shape index (κ1) is 12.3. The Morgan fingerprint density at radius 2 is 2.08 bits per heavy atom. The quantitative estimate of drug-likeness (QED) is 0.557. The van der Waals surface area contributed by atoms with Crippen LogP contribution < -0.4 is 0 Å². The van der Waals surface area contributed by atoms with E-state index >= 15 is 0 Å². The van der Waals surface area contributed by atoms with Gasteiger partial charge in [-0.1, -0.05) is 19.4 Å². The van der Waals surface area contributed by atoms with Crippen LogP contribution in [0.25, 0.3) is 0 Å². The third-order valence-electron chi connectivity index (χ3n) is 1.73. The van der Waals surface area contributed by atoms with Gasteiger partial charge in [-0.2, -0.15) is 23.8 Å². The van der Waals surface area contributed by atoms with E-state index in [4.69, 9.17) is 11.6 Å². The molecule has 0 unspecified atom stereocenters. The summed E-state index contributed by atoms with van der Waals surface area (Å²) in [6, 6.07) is 6.37. The molecule has 0 saturated carbocycles. The monoisotopic (exact) mass is 256 g/mol. The molecule has 3 heteroatoms. The Morgan fingerprint density at radius 3 is 2.50 bits per heavy atom. The van der Waals surface area contributed by atoms with E-state index in [9.17, 15) is 4.79 Å². The van der Waals surface area contributed by atoms with Gasteiger partial charge in [-0.25, -0.2) is 0 Å². The van der Waals surface area contributed by atoms with E-state index in [0.29, 0.717) is 5.56 Å². The molecule has 1 radical (unpaired) electrons. The van der Waals surface area contributed by atoms with E-state index in [-0.39, 0.29) is 32.7 Å². The standard InChI is InChI=1S/C9H8ClO.Y/c1-6-4-3-5-8(7(6)2)9(10)11;/h3,5H,1-2H3;/q-1;. The van der Waals surface area contributed by atoms with Crippen LogP contribution in [0.15, 0.2) is 12.1 Å². The molecule has 1 rings (SSSR count). The first-order valence-corrected chi connectivity index (χ1v) is 3.68. The van der Waals surface area contributed by atoms with Gasteiger partial charge in [0.15, 0.2) is 0 Å². The van der Waals surface area contributed by atoms with Gasteiger partial charge in [0.25, 0.3) is 0 Å². The minimum Gasteiger partial charge on any atom is -0.278 e. The van der Waals surface area contributed by atoms with Gasteiger partial charge in [0.05, 0.1) is 0 Å². The van der Waals surface area contributed by atoms with Gasteiger partial charge in [-0.05, 0) is 11.6 Å². The summed E-state index contributed by atoms with van der Waals surface area (Å²) >= 11 is 5.33. The van der Waals surface area contributed by atoms with Crippen LogP contribution in [0, 0.1) is 19.9 Å². The molecule has 0 spiro atoms. The fraction of sp³-hybridized carbons (Fsp3) is 0.222. The van der Waals surface area contributed by atoms with Crippen LogP contribution in [0.4, 0.5) is 0 Å². The summed E-state index contributed by atoms with van der Waals surface area (Å²) in [5.41, 5.74) is 2.45. The van der Waals surface area contributed by atoms with Crippen molar-refractivity contribution in [1.82, 2.24) is 0 Å². The molecule has 0 N–H and O–H groups in total. The van der Waals surface area contributed by atoms with Crippen molar-refractivity contribution >= 4 is 16.8 Å². The van der Waals surface area contributed by atoms with Gasteiger partial charge in [-0.15, -0.1) is 5.56 Å². The largest absolute Gasteiger partial charge is 0.278 e. The summed E-state index contributed by atoms with van der Waals surface area (Å²) in [4.78, 5) is 10.8. The van der Waals surface area contributed by atoms with Gasteiger partial charge in [0.1, 0.15) is 0 Å². The third kappa shape index (κ3) is 2.65. The molecule has 0 bridgehead atoms. The smallest absolute Gasteiger partial charge is 0.228 e. The van der Waals surface area contributed by atoms with Crippen LogP contribution in [0.2, 0.25) is 0 Å². The predicted octanol–water partition coefficient (Wildman–Crippen LogP) is 2.48. The summed E-state index contributed by atoms with van der Waals surface area (Å²) < 4.78 is 0. The summed E-state index contributed by atoms with van der Waals surface area (Å²) in [7, 11) is 0. The first-order valence-electron chi connectivity index (χ1n) is 3.30. The SMILES string of the molecule is Cc1[c-]ccc(C(=O)Cl)c1C.[Y]. The Labute approximate surface area is 102 Å². The zero-order valence-electron chi connectivity index (χ0n) is 7.02. The second kappa shape index (κ2) is 5.11. The van der Waals surface area contributed by atoms with Crippen molar-refractivity contribution in [2.24, 2.45) is 0 Å². The van der Waals surface area contributed by atoms with Gasteiger partial charge in [0.2, 0.25) is 5.24 Å². The number of halogens is 1. The molecule has 0 aromatic heterocycles. The molecule has 0 atom stereocenters. The number of benzene rings is 1. The summed E-state index contributed by atoms with van der Waals surface area (Å²) in [6.07, 6.45) is 0. The minimum absolute atomic E-state index is 0. The first-order chi connectivity index (χ1) is 5.13. The zero-order chi connectivity index (χ0) is 8.43. The minimum atomic E-state index is -0.403. The Morgan fingerprint density at radius 1 is 1.50 bits per heavy atom. The van der Waals surface area contributed by atoms with Crippen molar-refractivity contribution in [3.8, 4) is 0 Å². The van der Waals surface area contributed by atoms with Crippen molar-refractivity contribution in [2.75, 3.05) is 0 Å². The maximum absolute atomic E-state index is 10.8. The molecule has 0 aliphatic carbocycles. The topological polar surface area (TPSA) is 17.1 Å². The van der Waals surface area contributed by atoms with Crippen molar-refractivity contribution in [1.29, 1.82) is 0 Å². The van der Waals surface area contributed by atoms with Gasteiger partial charge in [0, 0.05) is 32.7 Å². The summed E-state index contributed by atoms with van der Waals surface area (Å²) in [5, 5.41) is -0.403. The van der Waals surface area contributed by atoms with Crippen molar-refractivity contribution in [3.63, 3.8) is 0 Å². The van der Waals surface area contributed by atoms with Gasteiger partial charge < -0.3 is 0 Å². The Hall–Kier alpha value is 0.284. The molecule has 1 aromatic rings. The Kier molecular flexibility index (Phi) is 5.23. The Bertz CT molecular complexity index is 297. The number of hydrogen-bond acceptors (Lipinski definition) is 1. The molecule has 12 heavy (non-hydrogen) atoms. The van der Waals surface area contributed by atoms with E-state index in [1.54, 1.807) is 12.1 Å². The molecule has 1 nitrogen and oxygen atoms in total. The molecular formula is C9H8ClOY-. The van der Waals surface area contributed by atoms with Crippen LogP contribution >= 0.6 is 11.6 Å². The van der Waals surface area contributed by atoms with E-state index in [1.807, 2.05) is 13.8 Å². The molecule has 0 aliphatic heterocycles.